The van der Waals surface area contributed by atoms with E-state index in [1.54, 1.807) is 0 Å². The van der Waals surface area contributed by atoms with Gasteiger partial charge in [0.15, 0.2) is 11.6 Å². The van der Waals surface area contributed by atoms with Gasteiger partial charge in [0, 0.05) is 79.2 Å². The fourth-order valence-electron chi connectivity index (χ4n) is 7.39. The van der Waals surface area contributed by atoms with Gasteiger partial charge in [0.25, 0.3) is 0 Å². The summed E-state index contributed by atoms with van der Waals surface area (Å²) in [6.45, 7) is 15.1. The monoisotopic (exact) mass is 838 g/mol. The number of nitrogens with zero attached hydrogens (tertiary/aromatic N) is 10. The van der Waals surface area contributed by atoms with Crippen LogP contribution < -0.4 is 9.97 Å². The molecule has 0 aliphatic carbocycles. The van der Waals surface area contributed by atoms with E-state index in [0.717, 1.165) is 94.6 Å². The van der Waals surface area contributed by atoms with Gasteiger partial charge in [0.2, 0.25) is 0 Å². The summed E-state index contributed by atoms with van der Waals surface area (Å²) < 4.78 is 0. The van der Waals surface area contributed by atoms with Gasteiger partial charge in [0.1, 0.15) is 0 Å². The quantitative estimate of drug-likeness (QED) is 0.0865. The van der Waals surface area contributed by atoms with Crippen molar-refractivity contribution >= 4 is 67.7 Å². The maximum atomic E-state index is 5.23. The van der Waals surface area contributed by atoms with Crippen molar-refractivity contribution < 1.29 is 19.5 Å². The molecule has 0 saturated carbocycles. The molecule has 7 aromatic rings. The van der Waals surface area contributed by atoms with E-state index in [4.69, 9.17) is 39.9 Å². The SMILES string of the molecule is CCN(CC)CCSc1cc2c3nc4nc(nc5nc(nc6[n-]c(nc([n-]3)c2cc1SCCN(CC)CC)c1ccccc61)-c1ccccc1-5)-c1ccccc1-4.[Zn+2]. The van der Waals surface area contributed by atoms with E-state index in [2.05, 4.69) is 49.6 Å². The molecule has 0 radical (unpaired) electrons. The van der Waals surface area contributed by atoms with Crippen LogP contribution in [0.15, 0.2) is 94.7 Å². The Morgan fingerprint density at radius 1 is 0.439 bits per heavy atom. The van der Waals surface area contributed by atoms with E-state index in [-0.39, 0.29) is 19.5 Å². The number of fused-ring (bicyclic) bond motifs is 20. The van der Waals surface area contributed by atoms with Crippen LogP contribution in [0.4, 0.5) is 0 Å². The van der Waals surface area contributed by atoms with Gasteiger partial charge in [-0.05, 0) is 59.9 Å². The summed E-state index contributed by atoms with van der Waals surface area (Å²) >= 11 is 3.80. The first kappa shape index (κ1) is 39.3. The van der Waals surface area contributed by atoms with Gasteiger partial charge in [-0.25, -0.2) is 15.0 Å². The Kier molecular flexibility index (Phi) is 11.8. The molecule has 5 heterocycles. The van der Waals surface area contributed by atoms with Crippen LogP contribution in [0.1, 0.15) is 27.7 Å². The van der Waals surface area contributed by atoms with Crippen molar-refractivity contribution in [3.05, 3.63) is 84.9 Å². The third kappa shape index (κ3) is 7.64. The second kappa shape index (κ2) is 17.1. The predicted octanol–water partition coefficient (Wildman–Crippen LogP) is 8.99. The Morgan fingerprint density at radius 2 is 0.772 bits per heavy atom. The van der Waals surface area contributed by atoms with Crippen LogP contribution in [-0.2, 0) is 19.5 Å². The molecule has 282 valence electrons. The van der Waals surface area contributed by atoms with Crippen molar-refractivity contribution in [3.8, 4) is 45.6 Å². The third-order valence-electron chi connectivity index (χ3n) is 10.6. The molecule has 9 rings (SSSR count). The molecule has 0 saturated heterocycles. The van der Waals surface area contributed by atoms with E-state index in [9.17, 15) is 0 Å². The Morgan fingerprint density at radius 3 is 1.18 bits per heavy atom. The predicted molar refractivity (Wildman–Crippen MR) is 231 cm³/mol. The zero-order valence-corrected chi connectivity index (χ0v) is 37.3. The summed E-state index contributed by atoms with van der Waals surface area (Å²) in [5.74, 6) is 4.19. The molecule has 0 fully saturated rings. The summed E-state index contributed by atoms with van der Waals surface area (Å²) in [7, 11) is 0. The molecule has 0 amide bonds. The van der Waals surface area contributed by atoms with E-state index in [1.165, 1.54) is 9.79 Å². The van der Waals surface area contributed by atoms with E-state index >= 15 is 0 Å². The summed E-state index contributed by atoms with van der Waals surface area (Å²) in [4.78, 5) is 48.3. The first-order valence-corrected chi connectivity index (χ1v) is 21.4. The number of hydrogen-bond acceptors (Lipinski definition) is 10. The Hall–Kier alpha value is -4.52. The molecule has 57 heavy (non-hydrogen) atoms. The van der Waals surface area contributed by atoms with Crippen molar-refractivity contribution in [2.75, 3.05) is 50.8 Å². The Labute approximate surface area is 353 Å². The molecule has 3 aromatic heterocycles. The largest absolute Gasteiger partial charge is 2.00 e. The maximum absolute atomic E-state index is 5.23. The van der Waals surface area contributed by atoms with Crippen molar-refractivity contribution in [1.82, 2.24) is 49.7 Å². The Bertz CT molecular complexity index is 2760. The average molecular weight is 840 g/mol. The van der Waals surface area contributed by atoms with Gasteiger partial charge in [0.05, 0.1) is 11.6 Å². The first-order valence-electron chi connectivity index (χ1n) is 19.4. The van der Waals surface area contributed by atoms with E-state index < -0.39 is 0 Å². The van der Waals surface area contributed by atoms with Gasteiger partial charge in [-0.15, -0.1) is 23.5 Å². The normalized spacial score (nSPS) is 12.0. The summed E-state index contributed by atoms with van der Waals surface area (Å²) in [6, 6.07) is 28.8. The number of benzene rings is 4. The molecular formula is C44H42N10S2Zn. The summed E-state index contributed by atoms with van der Waals surface area (Å²) in [5.41, 5.74) is 5.85. The molecule has 0 spiro atoms. The number of rotatable bonds is 12. The minimum absolute atomic E-state index is 0. The second-order valence-electron chi connectivity index (χ2n) is 13.7. The standard InChI is InChI=1S/C44H42N10S2.Zn/c1-5-53(6-2)21-23-55-35-25-33-34(26-36(35)56-24-22-54(7-3)8-4)44-51-42-32-20-14-12-18-30(32)40(49-42)47-38-28-16-10-9-15-27(28)37(45-38)46-39-29-17-11-13-19-31(29)41(48-39)50-43(33)52-44;/h9-20,25-26H,5-8,21-24H2,1-4H3;/q-2;+2. The zero-order valence-electron chi connectivity index (χ0n) is 32.7. The van der Waals surface area contributed by atoms with Gasteiger partial charge in [-0.3, -0.25) is 0 Å². The van der Waals surface area contributed by atoms with Crippen LogP contribution in [0.5, 0.6) is 0 Å². The van der Waals surface area contributed by atoms with Crippen LogP contribution in [0.3, 0.4) is 0 Å². The summed E-state index contributed by atoms with van der Waals surface area (Å²) in [6.07, 6.45) is 0. The summed E-state index contributed by atoms with van der Waals surface area (Å²) in [5, 5.41) is 3.67. The smallest absolute Gasteiger partial charge is 0.357 e. The number of thioether (sulfide) groups is 2. The molecule has 2 aliphatic heterocycles. The minimum Gasteiger partial charge on any atom is -0.357 e. The van der Waals surface area contributed by atoms with Crippen LogP contribution in [0, 0.1) is 0 Å². The van der Waals surface area contributed by atoms with Gasteiger partial charge < -0.3 is 34.7 Å². The average Bonchev–Trinajstić information content (AvgIpc) is 3.96. The Balaban J connectivity index is 0.00000455. The van der Waals surface area contributed by atoms with Crippen LogP contribution in [0.25, 0.3) is 89.7 Å². The molecule has 8 bridgehead atoms. The second-order valence-corrected chi connectivity index (χ2v) is 16.0. The van der Waals surface area contributed by atoms with E-state index in [1.807, 2.05) is 96.3 Å². The molecule has 10 nitrogen and oxygen atoms in total. The first-order chi connectivity index (χ1) is 27.5. The molecule has 2 aliphatic rings. The molecule has 0 unspecified atom stereocenters. The van der Waals surface area contributed by atoms with Gasteiger partial charge in [-0.2, -0.15) is 0 Å². The van der Waals surface area contributed by atoms with Gasteiger partial charge >= 0.3 is 19.5 Å². The molecule has 0 N–H and O–H groups in total. The van der Waals surface area contributed by atoms with Crippen molar-refractivity contribution in [2.45, 2.75) is 37.5 Å². The minimum atomic E-state index is 0. The van der Waals surface area contributed by atoms with Gasteiger partial charge in [-0.1, -0.05) is 100 Å². The fraction of sp³-hybridized carbons (Fsp3) is 0.273. The van der Waals surface area contributed by atoms with Crippen molar-refractivity contribution in [2.24, 2.45) is 0 Å². The van der Waals surface area contributed by atoms with Crippen molar-refractivity contribution in [1.29, 1.82) is 0 Å². The zero-order chi connectivity index (χ0) is 38.2. The molecule has 13 heteroatoms. The fourth-order valence-corrected chi connectivity index (χ4v) is 9.69. The van der Waals surface area contributed by atoms with Crippen molar-refractivity contribution in [3.63, 3.8) is 0 Å². The molecule has 0 atom stereocenters. The van der Waals surface area contributed by atoms with Crippen LogP contribution in [0.2, 0.25) is 0 Å². The van der Waals surface area contributed by atoms with E-state index in [0.29, 0.717) is 45.9 Å². The maximum Gasteiger partial charge on any atom is 2.00 e. The van der Waals surface area contributed by atoms with Crippen LogP contribution >= 0.6 is 23.5 Å². The molecule has 4 aromatic carbocycles. The molecular weight excluding hydrogens is 798 g/mol. The number of hydrogen-bond donors (Lipinski definition) is 0. The van der Waals surface area contributed by atoms with Crippen LogP contribution in [-0.4, -0.2) is 90.5 Å². The topological polar surface area (TPSA) is 112 Å². The third-order valence-corrected chi connectivity index (χ3v) is 12.8. The number of aromatic nitrogens is 8.